The smallest absolute Gasteiger partial charge is 0.245 e. The van der Waals surface area contributed by atoms with Gasteiger partial charge in [0.2, 0.25) is 5.91 Å². The number of nitrogens with one attached hydrogen (secondary N) is 1. The number of amides is 1. The van der Waals surface area contributed by atoms with Crippen LogP contribution < -0.4 is 0 Å². The van der Waals surface area contributed by atoms with E-state index in [0.717, 1.165) is 0 Å². The fourth-order valence-electron chi connectivity index (χ4n) is 2.01. The first-order chi connectivity index (χ1) is 8.65. The number of ether oxygens (including phenoxy) is 1. The molecule has 1 fully saturated rings. The quantitative estimate of drug-likeness (QED) is 0.748. The molecule has 0 radical (unpaired) electrons. The maximum Gasteiger partial charge on any atom is 0.245 e. The Morgan fingerprint density at radius 3 is 2.89 bits per heavy atom. The average Bonchev–Trinajstić information content (AvgIpc) is 2.79. The maximum absolute atomic E-state index is 12.3. The Balaban J connectivity index is 2.19. The Labute approximate surface area is 109 Å². The number of carbonyl (C=O) groups excluding carboxylic acids is 1. The lowest BCUT2D eigenvalue weighted by molar-refractivity contribution is -0.138. The van der Waals surface area contributed by atoms with E-state index in [1.54, 1.807) is 16.4 Å². The molecule has 8 heteroatoms. The van der Waals surface area contributed by atoms with Crippen LogP contribution in [0.2, 0.25) is 0 Å². The van der Waals surface area contributed by atoms with Gasteiger partial charge in [0.25, 0.3) is 0 Å². The SMILES string of the molecule is CC(C(=O)N1CCOCC1)n1c(CO)n[nH]c1=S. The lowest BCUT2D eigenvalue weighted by Gasteiger charge is -2.29. The van der Waals surface area contributed by atoms with E-state index in [9.17, 15) is 9.90 Å². The molecule has 2 N–H and O–H groups in total. The fraction of sp³-hybridized carbons (Fsp3) is 0.700. The second-order valence-electron chi connectivity index (χ2n) is 4.09. The minimum atomic E-state index is -0.475. The summed E-state index contributed by atoms with van der Waals surface area (Å²) in [5.41, 5.74) is 0. The summed E-state index contributed by atoms with van der Waals surface area (Å²) in [5.74, 6) is 0.333. The van der Waals surface area contributed by atoms with Crippen LogP contribution in [0, 0.1) is 4.77 Å². The van der Waals surface area contributed by atoms with Crippen LogP contribution >= 0.6 is 12.2 Å². The molecule has 1 aromatic rings. The molecule has 2 rings (SSSR count). The highest BCUT2D eigenvalue weighted by molar-refractivity contribution is 7.71. The van der Waals surface area contributed by atoms with E-state index in [1.807, 2.05) is 0 Å². The van der Waals surface area contributed by atoms with E-state index >= 15 is 0 Å². The topological polar surface area (TPSA) is 83.4 Å². The molecule has 1 aliphatic rings. The minimum Gasteiger partial charge on any atom is -0.388 e. The van der Waals surface area contributed by atoms with E-state index in [4.69, 9.17) is 17.0 Å². The summed E-state index contributed by atoms with van der Waals surface area (Å²) in [6.45, 7) is 3.78. The van der Waals surface area contributed by atoms with Gasteiger partial charge in [0.05, 0.1) is 13.2 Å². The molecule has 1 amide bonds. The predicted molar refractivity (Wildman–Crippen MR) is 65.4 cm³/mol. The highest BCUT2D eigenvalue weighted by atomic mass is 32.1. The first-order valence-electron chi connectivity index (χ1n) is 5.78. The molecular weight excluding hydrogens is 256 g/mol. The van der Waals surface area contributed by atoms with Crippen molar-refractivity contribution in [2.75, 3.05) is 26.3 Å². The zero-order valence-electron chi connectivity index (χ0n) is 10.1. The number of H-pyrrole nitrogens is 1. The van der Waals surface area contributed by atoms with Crippen molar-refractivity contribution in [2.45, 2.75) is 19.6 Å². The lowest BCUT2D eigenvalue weighted by Crippen LogP contribution is -2.43. The molecule has 1 saturated heterocycles. The number of aromatic nitrogens is 3. The molecule has 0 aromatic carbocycles. The van der Waals surface area contributed by atoms with Crippen molar-refractivity contribution in [3.05, 3.63) is 10.6 Å². The van der Waals surface area contributed by atoms with Gasteiger partial charge in [0, 0.05) is 13.1 Å². The number of nitrogens with zero attached hydrogens (tertiary/aromatic N) is 3. The van der Waals surface area contributed by atoms with Gasteiger partial charge in [-0.25, -0.2) is 0 Å². The van der Waals surface area contributed by atoms with Gasteiger partial charge in [0.1, 0.15) is 12.6 Å². The van der Waals surface area contributed by atoms with Crippen molar-refractivity contribution in [1.82, 2.24) is 19.7 Å². The van der Waals surface area contributed by atoms with Crippen LogP contribution in [-0.2, 0) is 16.1 Å². The van der Waals surface area contributed by atoms with Gasteiger partial charge in [-0.2, -0.15) is 5.10 Å². The third-order valence-corrected chi connectivity index (χ3v) is 3.27. The molecule has 7 nitrogen and oxygen atoms in total. The summed E-state index contributed by atoms with van der Waals surface area (Å²) in [5, 5.41) is 15.6. The average molecular weight is 272 g/mol. The predicted octanol–water partition coefficient (Wildman–Crippen LogP) is -0.147. The van der Waals surface area contributed by atoms with Crippen molar-refractivity contribution in [3.8, 4) is 0 Å². The fourth-order valence-corrected chi connectivity index (χ4v) is 2.32. The Kier molecular flexibility index (Phi) is 4.10. The van der Waals surface area contributed by atoms with E-state index < -0.39 is 6.04 Å². The molecule has 1 unspecified atom stereocenters. The Morgan fingerprint density at radius 2 is 2.28 bits per heavy atom. The van der Waals surface area contributed by atoms with E-state index in [0.29, 0.717) is 36.9 Å². The number of hydrogen-bond acceptors (Lipinski definition) is 5. The summed E-state index contributed by atoms with van der Waals surface area (Å²) in [6, 6.07) is -0.475. The summed E-state index contributed by atoms with van der Waals surface area (Å²) < 4.78 is 7.10. The molecule has 18 heavy (non-hydrogen) atoms. The standard InChI is InChI=1S/C10H16N4O3S/c1-7(9(16)13-2-4-17-5-3-13)14-8(6-15)11-12-10(14)18/h7,15H,2-6H2,1H3,(H,12,18). The van der Waals surface area contributed by atoms with Crippen molar-refractivity contribution in [3.63, 3.8) is 0 Å². The van der Waals surface area contributed by atoms with Crippen LogP contribution in [-0.4, -0.2) is 57.0 Å². The monoisotopic (exact) mass is 272 g/mol. The summed E-state index contributed by atoms with van der Waals surface area (Å²) in [4.78, 5) is 14.0. The Bertz CT molecular complexity index is 478. The van der Waals surface area contributed by atoms with Crippen molar-refractivity contribution >= 4 is 18.1 Å². The molecule has 1 aliphatic heterocycles. The van der Waals surface area contributed by atoms with Crippen LogP contribution in [0.15, 0.2) is 0 Å². The lowest BCUT2D eigenvalue weighted by atomic mass is 10.2. The van der Waals surface area contributed by atoms with Gasteiger partial charge in [-0.1, -0.05) is 0 Å². The number of morpholine rings is 1. The van der Waals surface area contributed by atoms with Crippen LogP contribution in [0.5, 0.6) is 0 Å². The van der Waals surface area contributed by atoms with Crippen LogP contribution in [0.4, 0.5) is 0 Å². The van der Waals surface area contributed by atoms with Gasteiger partial charge in [-0.3, -0.25) is 14.5 Å². The molecular formula is C10H16N4O3S. The Hall–Kier alpha value is -1.25. The number of aliphatic hydroxyl groups is 1. The molecule has 0 saturated carbocycles. The largest absolute Gasteiger partial charge is 0.388 e. The van der Waals surface area contributed by atoms with E-state index in [-0.39, 0.29) is 12.5 Å². The van der Waals surface area contributed by atoms with Gasteiger partial charge >= 0.3 is 0 Å². The summed E-state index contributed by atoms with van der Waals surface area (Å²) in [6.07, 6.45) is 0. The van der Waals surface area contributed by atoms with Crippen LogP contribution in [0.1, 0.15) is 18.8 Å². The van der Waals surface area contributed by atoms with E-state index in [1.165, 1.54) is 0 Å². The van der Waals surface area contributed by atoms with Crippen molar-refractivity contribution in [1.29, 1.82) is 0 Å². The van der Waals surface area contributed by atoms with Crippen molar-refractivity contribution < 1.29 is 14.6 Å². The number of hydrogen-bond donors (Lipinski definition) is 2. The third kappa shape index (κ3) is 2.45. The van der Waals surface area contributed by atoms with Crippen LogP contribution in [0.25, 0.3) is 0 Å². The zero-order valence-corrected chi connectivity index (χ0v) is 10.9. The molecule has 100 valence electrons. The maximum atomic E-state index is 12.3. The highest BCUT2D eigenvalue weighted by Gasteiger charge is 2.25. The molecule has 2 heterocycles. The van der Waals surface area contributed by atoms with Gasteiger partial charge in [-0.05, 0) is 19.1 Å². The molecule has 0 bridgehead atoms. The van der Waals surface area contributed by atoms with E-state index in [2.05, 4.69) is 10.2 Å². The summed E-state index contributed by atoms with van der Waals surface area (Å²) >= 11 is 5.07. The van der Waals surface area contributed by atoms with Crippen LogP contribution in [0.3, 0.4) is 0 Å². The van der Waals surface area contributed by atoms with Gasteiger partial charge in [0.15, 0.2) is 10.6 Å². The van der Waals surface area contributed by atoms with Gasteiger partial charge < -0.3 is 14.7 Å². The van der Waals surface area contributed by atoms with Crippen molar-refractivity contribution in [2.24, 2.45) is 0 Å². The zero-order chi connectivity index (χ0) is 13.1. The number of rotatable bonds is 3. The number of carbonyl (C=O) groups is 1. The van der Waals surface area contributed by atoms with Gasteiger partial charge in [-0.15, -0.1) is 0 Å². The second-order valence-corrected chi connectivity index (χ2v) is 4.47. The molecule has 1 aromatic heterocycles. The molecule has 1 atom stereocenters. The molecule has 0 aliphatic carbocycles. The highest BCUT2D eigenvalue weighted by Crippen LogP contribution is 2.14. The molecule has 0 spiro atoms. The minimum absolute atomic E-state index is 0.0366. The number of aromatic amines is 1. The third-order valence-electron chi connectivity index (χ3n) is 2.99. The first kappa shape index (κ1) is 13.2. The second kappa shape index (κ2) is 5.59. The first-order valence-corrected chi connectivity index (χ1v) is 6.19. The normalized spacial score (nSPS) is 17.8. The number of aliphatic hydroxyl groups excluding tert-OH is 1. The Morgan fingerprint density at radius 1 is 1.61 bits per heavy atom. The summed E-state index contributed by atoms with van der Waals surface area (Å²) in [7, 11) is 0.